The summed E-state index contributed by atoms with van der Waals surface area (Å²) in [6.07, 6.45) is 3.96. The molecule has 0 aromatic carbocycles. The van der Waals surface area contributed by atoms with Crippen molar-refractivity contribution in [2.75, 3.05) is 18.5 Å². The van der Waals surface area contributed by atoms with Crippen molar-refractivity contribution < 1.29 is 9.50 Å². The molecule has 0 aliphatic carbocycles. The molecule has 0 saturated carbocycles. The first-order chi connectivity index (χ1) is 7.53. The molecule has 0 aliphatic rings. The smallest absolute Gasteiger partial charge is 0.222 e. The molecule has 4 nitrogen and oxygen atoms in total. The Balaban J connectivity index is 2.41. The number of hydrogen-bond donors (Lipinski definition) is 2. The SMILES string of the molecule is CC(C)(CCCO)CNc1ncc(F)cn1. The molecule has 0 fully saturated rings. The number of hydrogen-bond acceptors (Lipinski definition) is 4. The van der Waals surface area contributed by atoms with E-state index in [1.54, 1.807) is 0 Å². The summed E-state index contributed by atoms with van der Waals surface area (Å²) in [7, 11) is 0. The number of aliphatic hydroxyl groups is 1. The van der Waals surface area contributed by atoms with Gasteiger partial charge in [0.15, 0.2) is 5.82 Å². The minimum atomic E-state index is -0.440. The zero-order chi connectivity index (χ0) is 12.0. The van der Waals surface area contributed by atoms with Crippen molar-refractivity contribution in [3.63, 3.8) is 0 Å². The lowest BCUT2D eigenvalue weighted by atomic mass is 9.88. The molecule has 0 bridgehead atoms. The Bertz CT molecular complexity index is 314. The van der Waals surface area contributed by atoms with Crippen molar-refractivity contribution in [3.8, 4) is 0 Å². The van der Waals surface area contributed by atoms with E-state index in [2.05, 4.69) is 29.1 Å². The Morgan fingerprint density at radius 1 is 1.38 bits per heavy atom. The van der Waals surface area contributed by atoms with Crippen LogP contribution >= 0.6 is 0 Å². The quantitative estimate of drug-likeness (QED) is 0.778. The second kappa shape index (κ2) is 5.75. The van der Waals surface area contributed by atoms with Crippen molar-refractivity contribution in [1.82, 2.24) is 9.97 Å². The van der Waals surface area contributed by atoms with Crippen LogP contribution in [0.1, 0.15) is 26.7 Å². The van der Waals surface area contributed by atoms with Gasteiger partial charge in [0.2, 0.25) is 5.95 Å². The Hall–Kier alpha value is -1.23. The number of nitrogens with zero attached hydrogens (tertiary/aromatic N) is 2. The first-order valence-electron chi connectivity index (χ1n) is 5.36. The van der Waals surface area contributed by atoms with E-state index in [1.165, 1.54) is 0 Å². The lowest BCUT2D eigenvalue weighted by Crippen LogP contribution is -2.24. The highest BCUT2D eigenvalue weighted by Crippen LogP contribution is 2.21. The molecule has 1 rings (SSSR count). The summed E-state index contributed by atoms with van der Waals surface area (Å²) in [5, 5.41) is 11.8. The van der Waals surface area contributed by atoms with E-state index in [-0.39, 0.29) is 12.0 Å². The molecule has 0 unspecified atom stereocenters. The molecule has 0 aliphatic heterocycles. The lowest BCUT2D eigenvalue weighted by molar-refractivity contribution is 0.247. The highest BCUT2D eigenvalue weighted by molar-refractivity contribution is 5.22. The van der Waals surface area contributed by atoms with Gasteiger partial charge < -0.3 is 10.4 Å². The maximum atomic E-state index is 12.5. The molecular weight excluding hydrogens is 209 g/mol. The largest absolute Gasteiger partial charge is 0.396 e. The first-order valence-corrected chi connectivity index (χ1v) is 5.36. The highest BCUT2D eigenvalue weighted by Gasteiger charge is 2.17. The maximum Gasteiger partial charge on any atom is 0.222 e. The number of halogens is 1. The van der Waals surface area contributed by atoms with Crippen molar-refractivity contribution in [2.24, 2.45) is 5.41 Å². The fraction of sp³-hybridized carbons (Fsp3) is 0.636. The maximum absolute atomic E-state index is 12.5. The van der Waals surface area contributed by atoms with Gasteiger partial charge in [-0.05, 0) is 18.3 Å². The van der Waals surface area contributed by atoms with Crippen LogP contribution in [-0.2, 0) is 0 Å². The fourth-order valence-electron chi connectivity index (χ4n) is 1.37. The van der Waals surface area contributed by atoms with Gasteiger partial charge in [-0.25, -0.2) is 14.4 Å². The molecule has 0 radical (unpaired) electrons. The number of nitrogens with one attached hydrogen (secondary N) is 1. The third-order valence-corrected chi connectivity index (χ3v) is 2.36. The van der Waals surface area contributed by atoms with Gasteiger partial charge in [0.25, 0.3) is 0 Å². The van der Waals surface area contributed by atoms with Crippen molar-refractivity contribution >= 4 is 5.95 Å². The molecule has 1 aromatic heterocycles. The monoisotopic (exact) mass is 227 g/mol. The van der Waals surface area contributed by atoms with Crippen molar-refractivity contribution in [3.05, 3.63) is 18.2 Å². The van der Waals surface area contributed by atoms with Gasteiger partial charge in [-0.2, -0.15) is 0 Å². The van der Waals surface area contributed by atoms with Gasteiger partial charge >= 0.3 is 0 Å². The molecule has 16 heavy (non-hydrogen) atoms. The molecule has 0 saturated heterocycles. The molecule has 90 valence electrons. The number of aromatic nitrogens is 2. The van der Waals surface area contributed by atoms with Crippen molar-refractivity contribution in [1.29, 1.82) is 0 Å². The van der Waals surface area contributed by atoms with Crippen LogP contribution in [0.25, 0.3) is 0 Å². The van der Waals surface area contributed by atoms with Crippen LogP contribution in [0.2, 0.25) is 0 Å². The molecule has 2 N–H and O–H groups in total. The molecule has 0 spiro atoms. The normalized spacial score (nSPS) is 11.5. The molecule has 0 amide bonds. The van der Waals surface area contributed by atoms with Crippen LogP contribution in [0.4, 0.5) is 10.3 Å². The summed E-state index contributed by atoms with van der Waals surface area (Å²) in [6.45, 7) is 5.09. The number of anilines is 1. The topological polar surface area (TPSA) is 58.0 Å². The van der Waals surface area contributed by atoms with E-state index in [9.17, 15) is 4.39 Å². The van der Waals surface area contributed by atoms with E-state index in [4.69, 9.17) is 5.11 Å². The Morgan fingerprint density at radius 2 is 2.00 bits per heavy atom. The Kier molecular flexibility index (Phi) is 4.61. The van der Waals surface area contributed by atoms with Gasteiger partial charge in [0, 0.05) is 13.2 Å². The number of aliphatic hydroxyl groups excluding tert-OH is 1. The van der Waals surface area contributed by atoms with E-state index in [1.807, 2.05) is 0 Å². The summed E-state index contributed by atoms with van der Waals surface area (Å²) in [6, 6.07) is 0. The molecule has 5 heteroatoms. The van der Waals surface area contributed by atoms with Crippen LogP contribution in [0, 0.1) is 11.2 Å². The third-order valence-electron chi connectivity index (χ3n) is 2.36. The van der Waals surface area contributed by atoms with Crippen LogP contribution in [0.15, 0.2) is 12.4 Å². The molecule has 0 atom stereocenters. The van der Waals surface area contributed by atoms with Gasteiger partial charge in [0.05, 0.1) is 12.4 Å². The van der Waals surface area contributed by atoms with E-state index in [0.29, 0.717) is 12.5 Å². The zero-order valence-corrected chi connectivity index (χ0v) is 9.70. The Morgan fingerprint density at radius 3 is 2.56 bits per heavy atom. The molecule has 1 aromatic rings. The van der Waals surface area contributed by atoms with Gasteiger partial charge in [-0.1, -0.05) is 13.8 Å². The summed E-state index contributed by atoms with van der Waals surface area (Å²) >= 11 is 0. The second-order valence-electron chi connectivity index (χ2n) is 4.57. The van der Waals surface area contributed by atoms with E-state index < -0.39 is 5.82 Å². The first kappa shape index (κ1) is 12.8. The Labute approximate surface area is 94.9 Å². The fourth-order valence-corrected chi connectivity index (χ4v) is 1.37. The highest BCUT2D eigenvalue weighted by atomic mass is 19.1. The van der Waals surface area contributed by atoms with Gasteiger partial charge in [-0.3, -0.25) is 0 Å². The third kappa shape index (κ3) is 4.53. The molecule has 1 heterocycles. The number of rotatable bonds is 6. The van der Waals surface area contributed by atoms with E-state index >= 15 is 0 Å². The average Bonchev–Trinajstić information content (AvgIpc) is 2.26. The lowest BCUT2D eigenvalue weighted by Gasteiger charge is -2.24. The van der Waals surface area contributed by atoms with Crippen LogP contribution in [-0.4, -0.2) is 28.2 Å². The minimum absolute atomic E-state index is 0.0560. The molecular formula is C11H18FN3O. The minimum Gasteiger partial charge on any atom is -0.396 e. The summed E-state index contributed by atoms with van der Waals surface area (Å²) in [4.78, 5) is 7.63. The second-order valence-corrected chi connectivity index (χ2v) is 4.57. The average molecular weight is 227 g/mol. The van der Waals surface area contributed by atoms with Crippen LogP contribution < -0.4 is 5.32 Å². The van der Waals surface area contributed by atoms with Crippen LogP contribution in [0.5, 0.6) is 0 Å². The van der Waals surface area contributed by atoms with Crippen LogP contribution in [0.3, 0.4) is 0 Å². The standard InChI is InChI=1S/C11H18FN3O/c1-11(2,4-3-5-16)8-15-10-13-6-9(12)7-14-10/h6-7,16H,3-5,8H2,1-2H3,(H,13,14,15). The summed E-state index contributed by atoms with van der Waals surface area (Å²) < 4.78 is 12.5. The predicted molar refractivity (Wildman–Crippen MR) is 60.6 cm³/mol. The van der Waals surface area contributed by atoms with E-state index in [0.717, 1.165) is 25.2 Å². The van der Waals surface area contributed by atoms with Crippen molar-refractivity contribution in [2.45, 2.75) is 26.7 Å². The zero-order valence-electron chi connectivity index (χ0n) is 9.70. The summed E-state index contributed by atoms with van der Waals surface area (Å²) in [5.74, 6) is -0.0106. The van der Waals surface area contributed by atoms with Gasteiger partial charge in [-0.15, -0.1) is 0 Å². The van der Waals surface area contributed by atoms with Gasteiger partial charge in [0.1, 0.15) is 0 Å². The summed E-state index contributed by atoms with van der Waals surface area (Å²) in [5.41, 5.74) is 0.0560. The predicted octanol–water partition coefficient (Wildman–Crippen LogP) is 1.83.